The van der Waals surface area contributed by atoms with E-state index in [9.17, 15) is 19.2 Å². The highest BCUT2D eigenvalue weighted by atomic mass is 16.6. The third-order valence-corrected chi connectivity index (χ3v) is 5.80. The van der Waals surface area contributed by atoms with Gasteiger partial charge in [0, 0.05) is 32.1 Å². The van der Waals surface area contributed by atoms with Gasteiger partial charge in [0.2, 0.25) is 0 Å². The Kier molecular flexibility index (Phi) is 13.8. The second-order valence-electron chi connectivity index (χ2n) is 8.26. The van der Waals surface area contributed by atoms with Crippen LogP contribution in [0.4, 0.5) is 9.59 Å². The standard InChI is InChI=1S/C13H18N2O3.C12H19NO4/c1-3-8-18-13(17)15-6-4-11(5-7-15)12(16)10(2)9-14;1-3-9-17-12(15)13-7-5-10(6-8-13)11(14)16-4-2/h3,10-11H,1,4-8H2,2H3;3,10H,1,4-9H2,2H3. The molecule has 0 aromatic carbocycles. The fourth-order valence-electron chi connectivity index (χ4n) is 3.76. The van der Waals surface area contributed by atoms with Gasteiger partial charge in [-0.3, -0.25) is 9.59 Å². The zero-order valence-corrected chi connectivity index (χ0v) is 20.8. The van der Waals surface area contributed by atoms with E-state index in [-0.39, 0.29) is 49.0 Å². The Labute approximate surface area is 207 Å². The van der Waals surface area contributed by atoms with Crippen LogP contribution in [-0.2, 0) is 23.8 Å². The minimum Gasteiger partial charge on any atom is -0.466 e. The summed E-state index contributed by atoms with van der Waals surface area (Å²) in [5.74, 6) is -0.931. The van der Waals surface area contributed by atoms with Crippen molar-refractivity contribution < 1.29 is 33.4 Å². The van der Waals surface area contributed by atoms with Crippen LogP contribution in [0, 0.1) is 29.1 Å². The summed E-state index contributed by atoms with van der Waals surface area (Å²) in [4.78, 5) is 49.5. The molecule has 0 aliphatic carbocycles. The molecule has 10 heteroatoms. The normalized spacial score (nSPS) is 17.1. The quantitative estimate of drug-likeness (QED) is 0.287. The van der Waals surface area contributed by atoms with Gasteiger partial charge in [-0.05, 0) is 39.5 Å². The highest BCUT2D eigenvalue weighted by Gasteiger charge is 2.30. The Morgan fingerprint density at radius 2 is 1.31 bits per heavy atom. The molecule has 10 nitrogen and oxygen atoms in total. The molecular weight excluding hydrogens is 454 g/mol. The number of nitrogens with zero attached hydrogens (tertiary/aromatic N) is 3. The van der Waals surface area contributed by atoms with E-state index in [4.69, 9.17) is 19.5 Å². The Bertz CT molecular complexity index is 776. The molecule has 2 fully saturated rings. The lowest BCUT2D eigenvalue weighted by Gasteiger charge is -2.30. The first-order chi connectivity index (χ1) is 16.8. The molecule has 2 aliphatic rings. The fraction of sp³-hybridized carbons (Fsp3) is 0.640. The number of amides is 2. The molecule has 2 amide bonds. The minimum absolute atomic E-state index is 0.0170. The molecule has 194 valence electrons. The van der Waals surface area contributed by atoms with Gasteiger partial charge in [-0.25, -0.2) is 9.59 Å². The Morgan fingerprint density at radius 3 is 1.69 bits per heavy atom. The van der Waals surface area contributed by atoms with E-state index >= 15 is 0 Å². The van der Waals surface area contributed by atoms with E-state index in [0.717, 1.165) is 0 Å². The van der Waals surface area contributed by atoms with E-state index in [1.165, 1.54) is 12.2 Å². The highest BCUT2D eigenvalue weighted by Crippen LogP contribution is 2.22. The average molecular weight is 492 g/mol. The van der Waals surface area contributed by atoms with Crippen molar-refractivity contribution in [3.63, 3.8) is 0 Å². The van der Waals surface area contributed by atoms with Crippen LogP contribution in [-0.4, -0.2) is 79.7 Å². The van der Waals surface area contributed by atoms with Crippen molar-refractivity contribution in [2.45, 2.75) is 39.5 Å². The molecule has 0 radical (unpaired) electrons. The molecule has 0 saturated carbocycles. The molecule has 2 saturated heterocycles. The van der Waals surface area contributed by atoms with Crippen LogP contribution >= 0.6 is 0 Å². The van der Waals surface area contributed by atoms with Crippen molar-refractivity contribution >= 4 is 23.9 Å². The van der Waals surface area contributed by atoms with E-state index in [2.05, 4.69) is 13.2 Å². The third-order valence-electron chi connectivity index (χ3n) is 5.80. The number of hydrogen-bond acceptors (Lipinski definition) is 8. The first-order valence-electron chi connectivity index (χ1n) is 11.9. The van der Waals surface area contributed by atoms with E-state index in [1.807, 2.05) is 6.07 Å². The van der Waals surface area contributed by atoms with Crippen LogP contribution in [0.3, 0.4) is 0 Å². The Hall–Kier alpha value is -3.35. The zero-order chi connectivity index (χ0) is 26.2. The number of Topliss-reactive ketones (excluding diaryl/α,β-unsaturated/α-hetero) is 1. The topological polar surface area (TPSA) is 126 Å². The van der Waals surface area contributed by atoms with Gasteiger partial charge in [-0.15, -0.1) is 0 Å². The fourth-order valence-corrected chi connectivity index (χ4v) is 3.76. The second kappa shape index (κ2) is 16.3. The van der Waals surface area contributed by atoms with Gasteiger partial charge in [0.1, 0.15) is 19.1 Å². The van der Waals surface area contributed by atoms with Crippen molar-refractivity contribution in [3.8, 4) is 6.07 Å². The lowest BCUT2D eigenvalue weighted by Crippen LogP contribution is -2.41. The number of nitriles is 1. The summed E-state index contributed by atoms with van der Waals surface area (Å²) in [7, 11) is 0. The first kappa shape index (κ1) is 29.7. The summed E-state index contributed by atoms with van der Waals surface area (Å²) in [5.41, 5.74) is 0. The van der Waals surface area contributed by atoms with Crippen LogP contribution in [0.1, 0.15) is 39.5 Å². The molecule has 1 unspecified atom stereocenters. The Balaban J connectivity index is 0.000000351. The predicted molar refractivity (Wildman–Crippen MR) is 128 cm³/mol. The number of piperidine rings is 2. The lowest BCUT2D eigenvalue weighted by atomic mass is 9.87. The number of carbonyl (C=O) groups is 4. The largest absolute Gasteiger partial charge is 0.466 e. The molecule has 2 heterocycles. The van der Waals surface area contributed by atoms with Crippen molar-refractivity contribution in [1.82, 2.24) is 9.80 Å². The van der Waals surface area contributed by atoms with E-state index in [0.29, 0.717) is 58.5 Å². The molecule has 0 spiro atoms. The predicted octanol–water partition coefficient (Wildman–Crippen LogP) is 3.33. The maximum atomic E-state index is 11.8. The smallest absolute Gasteiger partial charge is 0.410 e. The molecule has 0 aromatic rings. The van der Waals surface area contributed by atoms with Crippen molar-refractivity contribution in [2.24, 2.45) is 17.8 Å². The summed E-state index contributed by atoms with van der Waals surface area (Å²) in [6.45, 7) is 13.3. The molecule has 2 aliphatic heterocycles. The maximum absolute atomic E-state index is 11.8. The molecule has 0 bridgehead atoms. The Morgan fingerprint density at radius 1 is 0.886 bits per heavy atom. The van der Waals surface area contributed by atoms with Crippen molar-refractivity contribution in [2.75, 3.05) is 46.0 Å². The molecule has 0 N–H and O–H groups in total. The highest BCUT2D eigenvalue weighted by molar-refractivity contribution is 5.85. The van der Waals surface area contributed by atoms with Gasteiger partial charge in [0.05, 0.1) is 18.6 Å². The van der Waals surface area contributed by atoms with Crippen LogP contribution in [0.25, 0.3) is 0 Å². The second-order valence-corrected chi connectivity index (χ2v) is 8.26. The molecule has 2 rings (SSSR count). The van der Waals surface area contributed by atoms with Gasteiger partial charge >= 0.3 is 18.2 Å². The van der Waals surface area contributed by atoms with Crippen LogP contribution in [0.2, 0.25) is 0 Å². The number of rotatable bonds is 8. The van der Waals surface area contributed by atoms with Crippen LogP contribution in [0.15, 0.2) is 25.3 Å². The number of ether oxygens (including phenoxy) is 3. The van der Waals surface area contributed by atoms with Gasteiger partial charge in [-0.1, -0.05) is 25.3 Å². The monoisotopic (exact) mass is 491 g/mol. The number of likely N-dealkylation sites (tertiary alicyclic amines) is 2. The first-order valence-corrected chi connectivity index (χ1v) is 11.9. The number of ketones is 1. The lowest BCUT2D eigenvalue weighted by molar-refractivity contribution is -0.149. The van der Waals surface area contributed by atoms with Crippen LogP contribution in [0.5, 0.6) is 0 Å². The number of carbonyl (C=O) groups excluding carboxylic acids is 4. The zero-order valence-electron chi connectivity index (χ0n) is 20.8. The summed E-state index contributed by atoms with van der Waals surface area (Å²) < 4.78 is 14.8. The van der Waals surface area contributed by atoms with Gasteiger partial charge in [0.25, 0.3) is 0 Å². The average Bonchev–Trinajstić information content (AvgIpc) is 2.90. The third kappa shape index (κ3) is 10.2. The minimum atomic E-state index is -0.561. The molecule has 35 heavy (non-hydrogen) atoms. The van der Waals surface area contributed by atoms with Crippen molar-refractivity contribution in [3.05, 3.63) is 25.3 Å². The SMILES string of the molecule is C=CCOC(=O)N1CCC(C(=O)C(C)C#N)CC1.C=CCOC(=O)N1CCC(C(=O)OCC)CC1. The number of hydrogen-bond donors (Lipinski definition) is 0. The summed E-state index contributed by atoms with van der Waals surface area (Å²) >= 11 is 0. The van der Waals surface area contributed by atoms with Crippen molar-refractivity contribution in [1.29, 1.82) is 5.26 Å². The summed E-state index contributed by atoms with van der Waals surface area (Å²) in [6, 6.07) is 1.96. The van der Waals surface area contributed by atoms with E-state index < -0.39 is 5.92 Å². The van der Waals surface area contributed by atoms with Gasteiger partial charge < -0.3 is 24.0 Å². The van der Waals surface area contributed by atoms with Gasteiger partial charge in [-0.2, -0.15) is 5.26 Å². The molecular formula is C25H37N3O7. The summed E-state index contributed by atoms with van der Waals surface area (Å²) in [5, 5.41) is 8.71. The maximum Gasteiger partial charge on any atom is 0.410 e. The van der Waals surface area contributed by atoms with Crippen LogP contribution < -0.4 is 0 Å². The molecule has 0 aromatic heterocycles. The number of esters is 1. The summed E-state index contributed by atoms with van der Waals surface area (Å²) in [6.07, 6.45) is 4.83. The van der Waals surface area contributed by atoms with Gasteiger partial charge in [0.15, 0.2) is 5.78 Å². The van der Waals surface area contributed by atoms with E-state index in [1.54, 1.807) is 23.6 Å². The molecule has 1 atom stereocenters.